The summed E-state index contributed by atoms with van der Waals surface area (Å²) in [5.74, 6) is -0.816. The van der Waals surface area contributed by atoms with Crippen LogP contribution in [-0.2, 0) is 18.9 Å². The van der Waals surface area contributed by atoms with Gasteiger partial charge in [-0.2, -0.15) is 0 Å². The molecule has 0 saturated carbocycles. The van der Waals surface area contributed by atoms with Gasteiger partial charge in [-0.25, -0.2) is 0 Å². The van der Waals surface area contributed by atoms with Crippen LogP contribution in [0.15, 0.2) is 50.6 Å². The van der Waals surface area contributed by atoms with Crippen LogP contribution < -0.4 is 0 Å². The lowest BCUT2D eigenvalue weighted by atomic mass is 10.0. The van der Waals surface area contributed by atoms with Gasteiger partial charge in [0.15, 0.2) is 5.79 Å². The van der Waals surface area contributed by atoms with Gasteiger partial charge in [0.1, 0.15) is 48.8 Å². The Balaban J connectivity index is 0.000000543. The van der Waals surface area contributed by atoms with Gasteiger partial charge in [0.25, 0.3) is 0 Å². The summed E-state index contributed by atoms with van der Waals surface area (Å²) in [5.41, 5.74) is 0. The minimum absolute atomic E-state index is 0.620. The van der Waals surface area contributed by atoms with Crippen LogP contribution in [0, 0.1) is 0 Å². The molecule has 29 heavy (non-hydrogen) atoms. The summed E-state index contributed by atoms with van der Waals surface area (Å²) < 4.78 is 20.8. The molecule has 0 bridgehead atoms. The molecular weight excluding hydrogens is 380 g/mol. The van der Waals surface area contributed by atoms with Crippen LogP contribution in [-0.4, -0.2) is 89.3 Å². The first-order chi connectivity index (χ1) is 13.5. The van der Waals surface area contributed by atoms with E-state index < -0.39 is 54.6 Å². The van der Waals surface area contributed by atoms with Gasteiger partial charge in [-0.15, -0.1) is 26.3 Å². The van der Waals surface area contributed by atoms with Crippen LogP contribution in [0.4, 0.5) is 0 Å². The molecule has 1 aliphatic heterocycles. The van der Waals surface area contributed by atoms with Gasteiger partial charge in [-0.3, -0.25) is 0 Å². The van der Waals surface area contributed by atoms with Gasteiger partial charge in [0.2, 0.25) is 0 Å². The fourth-order valence-electron chi connectivity index (χ4n) is 2.75. The zero-order chi connectivity index (χ0) is 22.8. The smallest absolute Gasteiger partial charge is 0.164 e. The third-order valence-corrected chi connectivity index (χ3v) is 4.35. The maximum absolute atomic E-state index is 9.64. The zero-order valence-electron chi connectivity index (χ0n) is 17.7. The number of aliphatic hydroxyl groups is 4. The van der Waals surface area contributed by atoms with E-state index in [-0.39, 0.29) is 0 Å². The van der Waals surface area contributed by atoms with E-state index in [0.717, 1.165) is 0 Å². The lowest BCUT2D eigenvalue weighted by Gasteiger charge is -2.27. The van der Waals surface area contributed by atoms with Crippen LogP contribution in [0.2, 0.25) is 0 Å². The molecule has 0 radical (unpaired) electrons. The standard InChI is InChI=1S/C11H18O4.C10H18O4/c1-5-7(12)9-10(8(13)6-2)15-11(3,4)14-9;1-5-7(13-3)9(11)10(12)8(6-2)14-4/h5-10,12-13H,1-2H2,3-4H3;5-12H,1-2H2,3-4H3/t2*7-,8-,9-,10?/m00/s1. The van der Waals surface area contributed by atoms with Crippen molar-refractivity contribution in [2.75, 3.05) is 14.2 Å². The van der Waals surface area contributed by atoms with Crippen molar-refractivity contribution in [3.8, 4) is 0 Å². The topological polar surface area (TPSA) is 118 Å². The van der Waals surface area contributed by atoms with Crippen molar-refractivity contribution in [3.63, 3.8) is 0 Å². The molecule has 8 heteroatoms. The van der Waals surface area contributed by atoms with Crippen molar-refractivity contribution < 1.29 is 39.4 Å². The summed E-state index contributed by atoms with van der Waals surface area (Å²) >= 11 is 0. The molecule has 168 valence electrons. The summed E-state index contributed by atoms with van der Waals surface area (Å²) in [5, 5.41) is 38.5. The Labute approximate surface area is 173 Å². The van der Waals surface area contributed by atoms with E-state index >= 15 is 0 Å². The van der Waals surface area contributed by atoms with E-state index in [4.69, 9.17) is 18.9 Å². The fourth-order valence-corrected chi connectivity index (χ4v) is 2.75. The van der Waals surface area contributed by atoms with Crippen LogP contribution in [0.5, 0.6) is 0 Å². The van der Waals surface area contributed by atoms with Crippen LogP contribution >= 0.6 is 0 Å². The summed E-state index contributed by atoms with van der Waals surface area (Å²) in [4.78, 5) is 0. The normalized spacial score (nSPS) is 26.6. The maximum atomic E-state index is 9.64. The first kappa shape index (κ1) is 27.6. The molecule has 0 aromatic heterocycles. The van der Waals surface area contributed by atoms with E-state index in [1.165, 1.54) is 38.5 Å². The molecule has 0 spiro atoms. The third kappa shape index (κ3) is 8.12. The van der Waals surface area contributed by atoms with Crippen molar-refractivity contribution in [2.24, 2.45) is 0 Å². The molecule has 0 aromatic rings. The Morgan fingerprint density at radius 1 is 0.724 bits per heavy atom. The average Bonchev–Trinajstić information content (AvgIpc) is 3.04. The Morgan fingerprint density at radius 3 is 1.24 bits per heavy atom. The van der Waals surface area contributed by atoms with Gasteiger partial charge in [-0.05, 0) is 13.8 Å². The predicted molar refractivity (Wildman–Crippen MR) is 110 cm³/mol. The third-order valence-electron chi connectivity index (χ3n) is 4.35. The Morgan fingerprint density at radius 2 is 1.03 bits per heavy atom. The van der Waals surface area contributed by atoms with Crippen LogP contribution in [0.3, 0.4) is 0 Å². The first-order valence-corrected chi connectivity index (χ1v) is 9.17. The van der Waals surface area contributed by atoms with E-state index in [2.05, 4.69) is 26.3 Å². The highest BCUT2D eigenvalue weighted by Gasteiger charge is 2.46. The molecule has 1 fully saturated rings. The predicted octanol–water partition coefficient (Wildman–Crippen LogP) is 0.711. The number of aliphatic hydroxyl groups excluding tert-OH is 4. The van der Waals surface area contributed by atoms with Crippen molar-refractivity contribution in [3.05, 3.63) is 50.6 Å². The Bertz CT molecular complexity index is 477. The van der Waals surface area contributed by atoms with Crippen molar-refractivity contribution in [2.45, 2.75) is 68.5 Å². The van der Waals surface area contributed by atoms with Crippen LogP contribution in [0.1, 0.15) is 13.8 Å². The highest BCUT2D eigenvalue weighted by molar-refractivity contribution is 5.01. The highest BCUT2D eigenvalue weighted by atomic mass is 16.8. The monoisotopic (exact) mass is 416 g/mol. The molecule has 1 heterocycles. The van der Waals surface area contributed by atoms with Gasteiger partial charge < -0.3 is 39.4 Å². The second kappa shape index (κ2) is 13.0. The quantitative estimate of drug-likeness (QED) is 0.364. The second-order valence-corrected chi connectivity index (χ2v) is 6.87. The molecule has 8 nitrogen and oxygen atoms in total. The van der Waals surface area contributed by atoms with Crippen LogP contribution in [0.25, 0.3) is 0 Å². The van der Waals surface area contributed by atoms with E-state index in [1.54, 1.807) is 13.8 Å². The van der Waals surface area contributed by atoms with Gasteiger partial charge >= 0.3 is 0 Å². The summed E-state index contributed by atoms with van der Waals surface area (Å²) in [6.07, 6.45) is -0.830. The second-order valence-electron chi connectivity index (χ2n) is 6.87. The number of hydrogen-bond donors (Lipinski definition) is 4. The number of methoxy groups -OCH3 is 2. The Hall–Kier alpha value is -1.36. The molecule has 0 aromatic carbocycles. The molecule has 4 N–H and O–H groups in total. The Kier molecular flexibility index (Phi) is 12.4. The first-order valence-electron chi connectivity index (χ1n) is 9.17. The van der Waals surface area contributed by atoms with E-state index in [0.29, 0.717) is 0 Å². The molecule has 1 rings (SSSR count). The number of hydrogen-bond acceptors (Lipinski definition) is 8. The molecule has 2 unspecified atom stereocenters. The fraction of sp³-hybridized carbons (Fsp3) is 0.619. The summed E-state index contributed by atoms with van der Waals surface area (Å²) in [7, 11) is 2.86. The minimum atomic E-state index is -1.08. The van der Waals surface area contributed by atoms with Gasteiger partial charge in [-0.1, -0.05) is 24.3 Å². The van der Waals surface area contributed by atoms with E-state index in [9.17, 15) is 20.4 Å². The maximum Gasteiger partial charge on any atom is 0.164 e. The van der Waals surface area contributed by atoms with Crippen molar-refractivity contribution >= 4 is 0 Å². The minimum Gasteiger partial charge on any atom is -0.387 e. The van der Waals surface area contributed by atoms with Gasteiger partial charge in [0, 0.05) is 14.2 Å². The zero-order valence-corrected chi connectivity index (χ0v) is 17.7. The average molecular weight is 417 g/mol. The number of rotatable bonds is 11. The van der Waals surface area contributed by atoms with Gasteiger partial charge in [0.05, 0.1) is 0 Å². The lowest BCUT2D eigenvalue weighted by molar-refractivity contribution is -0.157. The van der Waals surface area contributed by atoms with Crippen molar-refractivity contribution in [1.29, 1.82) is 0 Å². The molecule has 8 atom stereocenters. The SMILES string of the molecule is C=C[C@H](O)C1OC(C)(C)O[C@H]1[C@@H](O)C=C.C=C[C@H](OC)C(O)[C@@H](O)[C@H](C=C)OC. The summed E-state index contributed by atoms with van der Waals surface area (Å²) in [6, 6.07) is 0. The van der Waals surface area contributed by atoms with Crippen molar-refractivity contribution in [1.82, 2.24) is 0 Å². The molecule has 1 aliphatic rings. The lowest BCUT2D eigenvalue weighted by Crippen LogP contribution is -2.44. The largest absolute Gasteiger partial charge is 0.387 e. The summed E-state index contributed by atoms with van der Waals surface area (Å²) in [6.45, 7) is 17.4. The van der Waals surface area contributed by atoms with E-state index in [1.807, 2.05) is 0 Å². The molecule has 1 saturated heterocycles. The molecular formula is C21H36O8. The molecule has 0 amide bonds. The highest BCUT2D eigenvalue weighted by Crippen LogP contribution is 2.32. The number of ether oxygens (including phenoxy) is 4. The molecule has 0 aliphatic carbocycles.